The lowest BCUT2D eigenvalue weighted by atomic mass is 10.0. The Labute approximate surface area is 256 Å². The molecular weight excluding hydrogens is 620 g/mol. The van der Waals surface area contributed by atoms with Crippen molar-refractivity contribution in [2.45, 2.75) is 38.0 Å². The highest BCUT2D eigenvalue weighted by Crippen LogP contribution is 2.43. The van der Waals surface area contributed by atoms with Crippen LogP contribution in [0.2, 0.25) is 5.02 Å². The maximum Gasteiger partial charge on any atom is 0.319 e. The number of aromatic nitrogens is 3. The zero-order chi connectivity index (χ0) is 30.0. The van der Waals surface area contributed by atoms with E-state index in [-0.39, 0.29) is 49.0 Å². The van der Waals surface area contributed by atoms with E-state index in [9.17, 15) is 12.8 Å². The Balaban J connectivity index is 1.31. The van der Waals surface area contributed by atoms with Crippen LogP contribution in [0.15, 0.2) is 18.2 Å². The Morgan fingerprint density at radius 2 is 1.86 bits per heavy atom. The van der Waals surface area contributed by atoms with Crippen LogP contribution in [-0.2, 0) is 9.84 Å². The first-order valence-corrected chi connectivity index (χ1v) is 17.2. The number of hydrogen-bond acceptors (Lipinski definition) is 11. The Bertz CT molecular complexity index is 1830. The van der Waals surface area contributed by atoms with Crippen LogP contribution < -0.4 is 20.7 Å². The van der Waals surface area contributed by atoms with Crippen LogP contribution in [0.1, 0.15) is 19.8 Å². The maximum absolute atomic E-state index is 16.7. The summed E-state index contributed by atoms with van der Waals surface area (Å²) in [5, 5.41) is 4.33. The molecule has 4 aromatic rings. The molecule has 0 radical (unpaired) electrons. The second-order valence-electron chi connectivity index (χ2n) is 11.5. The third-order valence-corrected chi connectivity index (χ3v) is 11.2. The first kappa shape index (κ1) is 28.8. The van der Waals surface area contributed by atoms with Crippen molar-refractivity contribution in [1.82, 2.24) is 25.2 Å². The Morgan fingerprint density at radius 1 is 1.14 bits per heavy atom. The molecule has 2 aromatic heterocycles. The summed E-state index contributed by atoms with van der Waals surface area (Å²) in [4.78, 5) is 17.7. The lowest BCUT2D eigenvalue weighted by Crippen LogP contribution is -2.51. The number of rotatable bonds is 6. The molecule has 43 heavy (non-hydrogen) atoms. The highest BCUT2D eigenvalue weighted by atomic mass is 35.5. The molecule has 2 aromatic carbocycles. The highest BCUT2D eigenvalue weighted by Gasteiger charge is 2.35. The second-order valence-corrected chi connectivity index (χ2v) is 15.3. The number of ether oxygens (including phenoxy) is 1. The van der Waals surface area contributed by atoms with Crippen LogP contribution in [0, 0.1) is 11.6 Å². The predicted octanol–water partition coefficient (Wildman–Crippen LogP) is 3.86. The van der Waals surface area contributed by atoms with Crippen LogP contribution in [0.4, 0.5) is 19.7 Å². The maximum atomic E-state index is 16.7. The van der Waals surface area contributed by atoms with Crippen molar-refractivity contribution in [1.29, 1.82) is 0 Å². The molecule has 3 N–H and O–H groups in total. The van der Waals surface area contributed by atoms with Gasteiger partial charge in [0.15, 0.2) is 20.8 Å². The molecular formula is C28H30ClF2N7O3S2. The number of sulfone groups is 1. The number of piperazine rings is 1. The number of fused-ring (bicyclic) bond motifs is 4. The number of nitrogens with zero attached hydrogens (tertiary/aromatic N) is 5. The van der Waals surface area contributed by atoms with Gasteiger partial charge in [-0.2, -0.15) is 9.97 Å². The number of nitrogens with two attached hydrogens (primary N) is 1. The molecule has 0 saturated carbocycles. The average Bonchev–Trinajstić information content (AvgIpc) is 3.52. The van der Waals surface area contributed by atoms with Crippen molar-refractivity contribution in [2.24, 2.45) is 0 Å². The lowest BCUT2D eigenvalue weighted by Gasteiger charge is -2.34. The molecule has 0 aliphatic carbocycles. The molecule has 228 valence electrons. The van der Waals surface area contributed by atoms with Crippen LogP contribution in [0.25, 0.3) is 32.2 Å². The van der Waals surface area contributed by atoms with Crippen LogP contribution in [0.5, 0.6) is 6.01 Å². The van der Waals surface area contributed by atoms with Gasteiger partial charge < -0.3 is 20.7 Å². The van der Waals surface area contributed by atoms with Crippen LogP contribution in [0.3, 0.4) is 0 Å². The fraction of sp³-hybridized carbons (Fsp3) is 0.464. The summed E-state index contributed by atoms with van der Waals surface area (Å²) in [6.45, 7) is 4.56. The molecule has 15 heteroatoms. The molecule has 10 nitrogen and oxygen atoms in total. The zero-order valence-corrected chi connectivity index (χ0v) is 25.7. The van der Waals surface area contributed by atoms with Crippen molar-refractivity contribution in [3.8, 4) is 17.1 Å². The molecule has 2 bridgehead atoms. The minimum atomic E-state index is -3.01. The van der Waals surface area contributed by atoms with E-state index >= 15 is 4.39 Å². The van der Waals surface area contributed by atoms with Gasteiger partial charge in [-0.25, -0.2) is 22.2 Å². The van der Waals surface area contributed by atoms with E-state index in [0.717, 1.165) is 24.2 Å². The SMILES string of the molecule is CC(CN1CCS(=O)(=O)CC1)Oc1nc(N2CC3CCC(C2)N3)c2cc(Cl)c(-c3ccc(F)c4sc(N)nc34)c(F)c2n1. The van der Waals surface area contributed by atoms with Gasteiger partial charge in [0.25, 0.3) is 0 Å². The van der Waals surface area contributed by atoms with Crippen molar-refractivity contribution >= 4 is 64.8 Å². The molecule has 3 fully saturated rings. The molecule has 0 spiro atoms. The molecule has 7 rings (SSSR count). The number of anilines is 2. The van der Waals surface area contributed by atoms with Gasteiger partial charge in [-0.1, -0.05) is 22.9 Å². The third kappa shape index (κ3) is 5.48. The normalized spacial score (nSPS) is 22.8. The quantitative estimate of drug-likeness (QED) is 0.318. The molecule has 3 aliphatic rings. The fourth-order valence-electron chi connectivity index (χ4n) is 6.38. The molecule has 3 aliphatic heterocycles. The summed E-state index contributed by atoms with van der Waals surface area (Å²) in [6, 6.07) is 4.95. The van der Waals surface area contributed by atoms with Gasteiger partial charge in [0, 0.05) is 61.3 Å². The second kappa shape index (κ2) is 10.9. The largest absolute Gasteiger partial charge is 0.459 e. The Kier molecular flexibility index (Phi) is 7.32. The molecule has 5 heterocycles. The van der Waals surface area contributed by atoms with E-state index in [2.05, 4.69) is 20.2 Å². The molecule has 3 atom stereocenters. The number of nitrogens with one attached hydrogen (secondary N) is 1. The van der Waals surface area contributed by atoms with Crippen molar-refractivity contribution in [2.75, 3.05) is 54.9 Å². The average molecular weight is 650 g/mol. The monoisotopic (exact) mass is 649 g/mol. The van der Waals surface area contributed by atoms with E-state index in [4.69, 9.17) is 27.1 Å². The summed E-state index contributed by atoms with van der Waals surface area (Å²) >= 11 is 7.75. The first-order valence-electron chi connectivity index (χ1n) is 14.2. The minimum Gasteiger partial charge on any atom is -0.459 e. The molecule has 3 unspecified atom stereocenters. The smallest absolute Gasteiger partial charge is 0.319 e. The lowest BCUT2D eigenvalue weighted by molar-refractivity contribution is 0.141. The van der Waals surface area contributed by atoms with Crippen molar-refractivity contribution in [3.63, 3.8) is 0 Å². The first-order chi connectivity index (χ1) is 20.5. The van der Waals surface area contributed by atoms with Gasteiger partial charge in [0.1, 0.15) is 23.3 Å². The van der Waals surface area contributed by atoms with Gasteiger partial charge in [0.05, 0.1) is 26.7 Å². The number of halogens is 3. The number of hydrogen-bond donors (Lipinski definition) is 2. The van der Waals surface area contributed by atoms with E-state index in [0.29, 0.717) is 61.6 Å². The van der Waals surface area contributed by atoms with Gasteiger partial charge in [0.2, 0.25) is 0 Å². The summed E-state index contributed by atoms with van der Waals surface area (Å²) in [5.41, 5.74) is 6.49. The predicted molar refractivity (Wildman–Crippen MR) is 165 cm³/mol. The summed E-state index contributed by atoms with van der Waals surface area (Å²) in [6.07, 6.45) is 1.70. The molecule has 3 saturated heterocycles. The number of nitrogen functional groups attached to an aromatic ring is 1. The summed E-state index contributed by atoms with van der Waals surface area (Å²) in [5.74, 6) is -0.444. The van der Waals surface area contributed by atoms with Gasteiger partial charge in [-0.15, -0.1) is 0 Å². The van der Waals surface area contributed by atoms with Crippen molar-refractivity contribution < 1.29 is 21.9 Å². The zero-order valence-electron chi connectivity index (χ0n) is 23.3. The highest BCUT2D eigenvalue weighted by molar-refractivity contribution is 7.91. The van der Waals surface area contributed by atoms with E-state index in [1.54, 1.807) is 6.07 Å². The number of benzene rings is 2. The summed E-state index contributed by atoms with van der Waals surface area (Å²) in [7, 11) is -3.01. The van der Waals surface area contributed by atoms with Crippen LogP contribution >= 0.6 is 22.9 Å². The topological polar surface area (TPSA) is 127 Å². The minimum absolute atomic E-state index is 0.0137. The van der Waals surface area contributed by atoms with E-state index in [1.807, 2.05) is 11.8 Å². The van der Waals surface area contributed by atoms with E-state index < -0.39 is 27.6 Å². The summed E-state index contributed by atoms with van der Waals surface area (Å²) < 4.78 is 61.3. The van der Waals surface area contributed by atoms with Crippen molar-refractivity contribution in [3.05, 3.63) is 34.9 Å². The standard InChI is InChI=1S/C28H30ClF2N7O3S2/c1-14(11-37-6-8-43(39,40)9-7-37)41-28-35-23-18(26(36-28)38-12-15-2-3-16(13-38)33-15)10-19(29)21(22(23)31)17-4-5-20(30)25-24(17)34-27(32)42-25/h4-5,10,14-16,33H,2-3,6-9,11-13H2,1H3,(H2,32,34). The Hall–Kier alpha value is -2.91. The Morgan fingerprint density at radius 3 is 2.58 bits per heavy atom. The fourth-order valence-corrected chi connectivity index (χ4v) is 8.71. The van der Waals surface area contributed by atoms with Gasteiger partial charge in [-0.05, 0) is 38.0 Å². The van der Waals surface area contributed by atoms with Crippen LogP contribution in [-0.4, -0.2) is 90.7 Å². The van der Waals surface area contributed by atoms with Gasteiger partial charge >= 0.3 is 6.01 Å². The third-order valence-electron chi connectivity index (χ3n) is 8.40. The molecule has 0 amide bonds. The van der Waals surface area contributed by atoms with E-state index in [1.165, 1.54) is 12.1 Å². The van der Waals surface area contributed by atoms with Gasteiger partial charge in [-0.3, -0.25) is 4.90 Å². The number of thiazole rings is 1.